The molecule has 0 aromatic heterocycles. The number of carbonyl (C=O) groups excluding carboxylic acids is 1. The Balaban J connectivity index is 1.98. The molecular weight excluding hydrogens is 302 g/mol. The summed E-state index contributed by atoms with van der Waals surface area (Å²) in [4.78, 5) is 12.7. The fraction of sp³-hybridized carbons (Fsp3) is 0.947. The van der Waals surface area contributed by atoms with Crippen molar-refractivity contribution >= 4 is 5.91 Å². The van der Waals surface area contributed by atoms with Gasteiger partial charge in [0.05, 0.1) is 17.7 Å². The van der Waals surface area contributed by atoms with E-state index in [4.69, 9.17) is 5.73 Å². The lowest BCUT2D eigenvalue weighted by molar-refractivity contribution is -0.126. The van der Waals surface area contributed by atoms with Crippen LogP contribution in [0.25, 0.3) is 0 Å². The van der Waals surface area contributed by atoms with Gasteiger partial charge in [-0.05, 0) is 38.5 Å². The molecule has 0 aromatic carbocycles. The van der Waals surface area contributed by atoms with Crippen LogP contribution in [0.4, 0.5) is 0 Å². The summed E-state index contributed by atoms with van der Waals surface area (Å²) in [7, 11) is 0. The van der Waals surface area contributed by atoms with E-state index in [0.717, 1.165) is 32.1 Å². The second-order valence-electron chi connectivity index (χ2n) is 8.11. The number of carbonyl (C=O) groups is 1. The van der Waals surface area contributed by atoms with Crippen LogP contribution < -0.4 is 16.4 Å². The van der Waals surface area contributed by atoms with Gasteiger partial charge in [0, 0.05) is 12.6 Å². The summed E-state index contributed by atoms with van der Waals surface area (Å²) in [6, 6.07) is -0.0890. The number of β-amino-alcohol motifs (C(OH)–C–C–N with tert-alkyl or cyclic N) is 1. The molecule has 1 saturated carbocycles. The minimum atomic E-state index is -0.562. The highest BCUT2D eigenvalue weighted by atomic mass is 16.3. The summed E-state index contributed by atoms with van der Waals surface area (Å²) in [6.07, 6.45) is 9.95. The van der Waals surface area contributed by atoms with Crippen LogP contribution in [-0.4, -0.2) is 41.3 Å². The maximum Gasteiger partial charge on any atom is 0.237 e. The van der Waals surface area contributed by atoms with E-state index < -0.39 is 17.7 Å². The summed E-state index contributed by atoms with van der Waals surface area (Å²) in [5.74, 6) is 0.505. The SMILES string of the molecule is CCC[C@]1(NC(=O)[C@@H](N)CC2CCCCC2)CC[C@@H](C)NC[C@@H]1O. The topological polar surface area (TPSA) is 87.4 Å². The quantitative estimate of drug-likeness (QED) is 0.597. The summed E-state index contributed by atoms with van der Waals surface area (Å²) in [6.45, 7) is 4.76. The van der Waals surface area contributed by atoms with Gasteiger partial charge >= 0.3 is 0 Å². The summed E-state index contributed by atoms with van der Waals surface area (Å²) in [5, 5.41) is 17.2. The Hall–Kier alpha value is -0.650. The Morgan fingerprint density at radius 3 is 2.71 bits per heavy atom. The Labute approximate surface area is 147 Å². The van der Waals surface area contributed by atoms with E-state index >= 15 is 0 Å². The fourth-order valence-electron chi connectivity index (χ4n) is 4.42. The Kier molecular flexibility index (Phi) is 7.51. The molecule has 2 aliphatic rings. The maximum absolute atomic E-state index is 12.7. The average Bonchev–Trinajstić information content (AvgIpc) is 2.70. The zero-order chi connectivity index (χ0) is 17.6. The van der Waals surface area contributed by atoms with E-state index in [9.17, 15) is 9.90 Å². The molecule has 0 bridgehead atoms. The zero-order valence-corrected chi connectivity index (χ0v) is 15.5. The molecule has 1 saturated heterocycles. The molecule has 0 unspecified atom stereocenters. The number of hydrogen-bond acceptors (Lipinski definition) is 4. The Morgan fingerprint density at radius 1 is 1.33 bits per heavy atom. The number of nitrogens with one attached hydrogen (secondary N) is 2. The van der Waals surface area contributed by atoms with Crippen molar-refractivity contribution in [2.24, 2.45) is 11.7 Å². The van der Waals surface area contributed by atoms with Crippen molar-refractivity contribution in [3.63, 3.8) is 0 Å². The molecule has 2 fully saturated rings. The van der Waals surface area contributed by atoms with Gasteiger partial charge in [0.25, 0.3) is 0 Å². The second kappa shape index (κ2) is 9.16. The lowest BCUT2D eigenvalue weighted by atomic mass is 9.81. The first-order valence-corrected chi connectivity index (χ1v) is 9.96. The van der Waals surface area contributed by atoms with Crippen LogP contribution in [-0.2, 0) is 4.79 Å². The fourth-order valence-corrected chi connectivity index (χ4v) is 4.42. The molecule has 0 aromatic rings. The van der Waals surface area contributed by atoms with Crippen LogP contribution >= 0.6 is 0 Å². The van der Waals surface area contributed by atoms with Crippen molar-refractivity contribution in [2.75, 3.05) is 6.54 Å². The molecule has 1 aliphatic heterocycles. The maximum atomic E-state index is 12.7. The number of nitrogens with two attached hydrogens (primary N) is 1. The minimum absolute atomic E-state index is 0.0809. The van der Waals surface area contributed by atoms with Gasteiger partial charge in [-0.25, -0.2) is 0 Å². The summed E-state index contributed by atoms with van der Waals surface area (Å²) < 4.78 is 0. The highest BCUT2D eigenvalue weighted by molar-refractivity contribution is 5.82. The monoisotopic (exact) mass is 339 g/mol. The molecule has 24 heavy (non-hydrogen) atoms. The Bertz CT molecular complexity index is 398. The summed E-state index contributed by atoms with van der Waals surface area (Å²) >= 11 is 0. The molecular formula is C19H37N3O2. The standard InChI is InChI=1S/C19H37N3O2/c1-3-10-19(11-9-14(2)21-13-17(19)23)22-18(24)16(20)12-15-7-5-4-6-8-15/h14-17,21,23H,3-13,20H2,1-2H3,(H,22,24)/t14-,16+,17+,19+/m1/s1. The number of hydrogen-bond donors (Lipinski definition) is 4. The van der Waals surface area contributed by atoms with Gasteiger partial charge in [-0.1, -0.05) is 45.4 Å². The van der Waals surface area contributed by atoms with E-state index in [1.165, 1.54) is 32.1 Å². The summed E-state index contributed by atoms with van der Waals surface area (Å²) in [5.41, 5.74) is 5.69. The molecule has 2 rings (SSSR count). The normalized spacial score (nSPS) is 33.7. The molecule has 140 valence electrons. The first-order valence-electron chi connectivity index (χ1n) is 9.96. The van der Waals surface area contributed by atoms with E-state index in [0.29, 0.717) is 18.5 Å². The van der Waals surface area contributed by atoms with Crippen molar-refractivity contribution in [3.05, 3.63) is 0 Å². The van der Waals surface area contributed by atoms with Gasteiger partial charge in [0.15, 0.2) is 0 Å². The molecule has 5 heteroatoms. The molecule has 4 atom stereocenters. The second-order valence-corrected chi connectivity index (χ2v) is 8.11. The van der Waals surface area contributed by atoms with Gasteiger partial charge in [-0.3, -0.25) is 4.79 Å². The third-order valence-electron chi connectivity index (χ3n) is 6.04. The van der Waals surface area contributed by atoms with Crippen molar-refractivity contribution in [1.29, 1.82) is 0 Å². The van der Waals surface area contributed by atoms with Gasteiger partial charge in [-0.15, -0.1) is 0 Å². The van der Waals surface area contributed by atoms with Crippen molar-refractivity contribution in [2.45, 2.75) is 102 Å². The number of amides is 1. The van der Waals surface area contributed by atoms with Crippen molar-refractivity contribution < 1.29 is 9.90 Å². The van der Waals surface area contributed by atoms with Crippen LogP contribution in [0, 0.1) is 5.92 Å². The number of aliphatic hydroxyl groups is 1. The average molecular weight is 340 g/mol. The Morgan fingerprint density at radius 2 is 2.04 bits per heavy atom. The highest BCUT2D eigenvalue weighted by Crippen LogP contribution is 2.29. The zero-order valence-electron chi connectivity index (χ0n) is 15.5. The molecule has 5 N–H and O–H groups in total. The van der Waals surface area contributed by atoms with E-state index in [1.54, 1.807) is 0 Å². The molecule has 5 nitrogen and oxygen atoms in total. The lowest BCUT2D eigenvalue weighted by Crippen LogP contribution is -2.61. The van der Waals surface area contributed by atoms with Gasteiger partial charge in [-0.2, -0.15) is 0 Å². The van der Waals surface area contributed by atoms with Crippen LogP contribution in [0.3, 0.4) is 0 Å². The van der Waals surface area contributed by atoms with Crippen LogP contribution in [0.5, 0.6) is 0 Å². The van der Waals surface area contributed by atoms with E-state index in [2.05, 4.69) is 24.5 Å². The molecule has 0 spiro atoms. The molecule has 1 aliphatic carbocycles. The number of aliphatic hydroxyl groups excluding tert-OH is 1. The van der Waals surface area contributed by atoms with Crippen LogP contribution in [0.2, 0.25) is 0 Å². The smallest absolute Gasteiger partial charge is 0.237 e. The van der Waals surface area contributed by atoms with Gasteiger partial charge < -0.3 is 21.5 Å². The largest absolute Gasteiger partial charge is 0.389 e. The first kappa shape index (κ1) is 19.7. The third kappa shape index (κ3) is 5.17. The minimum Gasteiger partial charge on any atom is -0.389 e. The number of rotatable bonds is 6. The van der Waals surface area contributed by atoms with Crippen molar-refractivity contribution in [1.82, 2.24) is 10.6 Å². The van der Waals surface area contributed by atoms with Crippen LogP contribution in [0.1, 0.15) is 78.1 Å². The lowest BCUT2D eigenvalue weighted by Gasteiger charge is -2.39. The van der Waals surface area contributed by atoms with Gasteiger partial charge in [0.1, 0.15) is 0 Å². The van der Waals surface area contributed by atoms with E-state index in [-0.39, 0.29) is 5.91 Å². The molecule has 0 radical (unpaired) electrons. The predicted molar refractivity (Wildman–Crippen MR) is 97.7 cm³/mol. The third-order valence-corrected chi connectivity index (χ3v) is 6.04. The van der Waals surface area contributed by atoms with Crippen LogP contribution in [0.15, 0.2) is 0 Å². The predicted octanol–water partition coefficient (Wildman–Crippen LogP) is 2.07. The highest BCUT2D eigenvalue weighted by Gasteiger charge is 2.41. The van der Waals surface area contributed by atoms with E-state index in [1.807, 2.05) is 0 Å². The van der Waals surface area contributed by atoms with Gasteiger partial charge in [0.2, 0.25) is 5.91 Å². The van der Waals surface area contributed by atoms with Crippen molar-refractivity contribution in [3.8, 4) is 0 Å². The molecule has 1 amide bonds. The first-order chi connectivity index (χ1) is 11.5. The molecule has 1 heterocycles.